The van der Waals surface area contributed by atoms with Crippen LogP contribution in [-0.4, -0.2) is 11.1 Å². The van der Waals surface area contributed by atoms with Crippen LogP contribution in [0.4, 0.5) is 4.39 Å². The largest absolute Gasteiger partial charge is 0.485 e. The van der Waals surface area contributed by atoms with E-state index in [9.17, 15) is 9.18 Å². The van der Waals surface area contributed by atoms with Crippen LogP contribution < -0.4 is 4.74 Å². The van der Waals surface area contributed by atoms with Gasteiger partial charge in [0.15, 0.2) is 0 Å². The number of hydrogen-bond donors (Lipinski definition) is 1. The smallest absolute Gasteiger partial charge is 0.339 e. The van der Waals surface area contributed by atoms with Crippen LogP contribution >= 0.6 is 0 Å². The van der Waals surface area contributed by atoms with Gasteiger partial charge in [0.25, 0.3) is 0 Å². The Morgan fingerprint density at radius 2 is 2.11 bits per heavy atom. The maximum atomic E-state index is 12.9. The predicted octanol–water partition coefficient (Wildman–Crippen LogP) is 3.31. The molecule has 0 atom stereocenters. The molecule has 4 nitrogen and oxygen atoms in total. The van der Waals surface area contributed by atoms with Crippen LogP contribution in [0.2, 0.25) is 0 Å². The van der Waals surface area contributed by atoms with E-state index in [4.69, 9.17) is 14.3 Å². The van der Waals surface area contributed by atoms with Gasteiger partial charge in [-0.25, -0.2) is 9.18 Å². The minimum Gasteiger partial charge on any atom is -0.485 e. The highest BCUT2D eigenvalue weighted by molar-refractivity contribution is 5.88. The van der Waals surface area contributed by atoms with Crippen LogP contribution in [0.25, 0.3) is 0 Å². The lowest BCUT2D eigenvalue weighted by Crippen LogP contribution is -1.97. The molecule has 1 aromatic heterocycles. The molecule has 100 valence electrons. The number of ether oxygens (including phenoxy) is 1. The molecule has 0 fully saturated rings. The second-order valence-corrected chi connectivity index (χ2v) is 4.19. The first kappa shape index (κ1) is 13.1. The Morgan fingerprint density at radius 1 is 1.37 bits per heavy atom. The molecule has 0 amide bonds. The van der Waals surface area contributed by atoms with Crippen molar-refractivity contribution in [3.63, 3.8) is 0 Å². The zero-order valence-electron chi connectivity index (χ0n) is 10.6. The molecule has 0 spiro atoms. The third-order valence-electron chi connectivity index (χ3n) is 2.71. The summed E-state index contributed by atoms with van der Waals surface area (Å²) in [4.78, 5) is 10.9. The maximum absolute atomic E-state index is 12.9. The quantitative estimate of drug-likeness (QED) is 0.920. The Hall–Kier alpha value is -2.30. The molecule has 0 saturated carbocycles. The molecule has 2 rings (SSSR count). The molecule has 1 N–H and O–H groups in total. The molecule has 0 aliphatic carbocycles. The van der Waals surface area contributed by atoms with Crippen molar-refractivity contribution >= 4 is 5.97 Å². The standard InChI is InChI=1S/C14H13FO4/c1-8-5-10(15)3-4-13(8)18-7-11-6-12(14(16)17)9(2)19-11/h3-6H,7H2,1-2H3,(H,16,17). The van der Waals surface area contributed by atoms with Crippen LogP contribution in [0.3, 0.4) is 0 Å². The van der Waals surface area contributed by atoms with Gasteiger partial charge in [0.05, 0.1) is 0 Å². The minimum atomic E-state index is -1.04. The van der Waals surface area contributed by atoms with E-state index in [0.29, 0.717) is 22.8 Å². The summed E-state index contributed by atoms with van der Waals surface area (Å²) in [5.74, 6) is -0.0785. The summed E-state index contributed by atoms with van der Waals surface area (Å²) in [5.41, 5.74) is 0.788. The van der Waals surface area contributed by atoms with E-state index in [1.807, 2.05) is 0 Å². The Labute approximate surface area is 109 Å². The fourth-order valence-electron chi connectivity index (χ4n) is 1.75. The number of hydrogen-bond acceptors (Lipinski definition) is 3. The summed E-state index contributed by atoms with van der Waals surface area (Å²) in [5, 5.41) is 8.90. The SMILES string of the molecule is Cc1cc(F)ccc1OCc1cc(C(=O)O)c(C)o1. The van der Waals surface area contributed by atoms with Gasteiger partial charge in [-0.3, -0.25) is 0 Å². The van der Waals surface area contributed by atoms with Crippen LogP contribution in [-0.2, 0) is 6.61 Å². The molecule has 0 saturated heterocycles. The average Bonchev–Trinajstić information content (AvgIpc) is 2.69. The molecule has 19 heavy (non-hydrogen) atoms. The highest BCUT2D eigenvalue weighted by Crippen LogP contribution is 2.21. The van der Waals surface area contributed by atoms with E-state index in [-0.39, 0.29) is 18.0 Å². The molecule has 0 bridgehead atoms. The van der Waals surface area contributed by atoms with E-state index in [0.717, 1.165) is 0 Å². The van der Waals surface area contributed by atoms with E-state index in [2.05, 4.69) is 0 Å². The van der Waals surface area contributed by atoms with E-state index in [1.165, 1.54) is 24.3 Å². The van der Waals surface area contributed by atoms with Crippen molar-refractivity contribution < 1.29 is 23.4 Å². The summed E-state index contributed by atoms with van der Waals surface area (Å²) in [6.45, 7) is 3.41. The minimum absolute atomic E-state index is 0.0978. The number of aromatic carboxylic acids is 1. The summed E-state index contributed by atoms with van der Waals surface area (Å²) in [6.07, 6.45) is 0. The normalized spacial score (nSPS) is 10.5. The zero-order chi connectivity index (χ0) is 14.0. The van der Waals surface area contributed by atoms with Gasteiger partial charge < -0.3 is 14.3 Å². The third-order valence-corrected chi connectivity index (χ3v) is 2.71. The second-order valence-electron chi connectivity index (χ2n) is 4.19. The fraction of sp³-hybridized carbons (Fsp3) is 0.214. The first-order chi connectivity index (χ1) is 8.97. The Bertz CT molecular complexity index is 616. The van der Waals surface area contributed by atoms with Crippen LogP contribution in [0.5, 0.6) is 5.75 Å². The zero-order valence-corrected chi connectivity index (χ0v) is 10.6. The number of furan rings is 1. The first-order valence-electron chi connectivity index (χ1n) is 5.69. The summed E-state index contributed by atoms with van der Waals surface area (Å²) in [7, 11) is 0. The molecule has 1 aromatic carbocycles. The van der Waals surface area contributed by atoms with Crippen LogP contribution in [0.1, 0.15) is 27.4 Å². The van der Waals surface area contributed by atoms with Crippen LogP contribution in [0, 0.1) is 19.7 Å². The highest BCUT2D eigenvalue weighted by atomic mass is 19.1. The number of aryl methyl sites for hydroxylation is 2. The van der Waals surface area contributed by atoms with Gasteiger partial charge in [0.2, 0.25) is 0 Å². The molecular weight excluding hydrogens is 251 g/mol. The monoisotopic (exact) mass is 264 g/mol. The molecule has 5 heteroatoms. The number of carbonyl (C=O) groups is 1. The van der Waals surface area contributed by atoms with Crippen molar-refractivity contribution in [3.05, 3.63) is 52.7 Å². The summed E-state index contributed by atoms with van der Waals surface area (Å²) >= 11 is 0. The summed E-state index contributed by atoms with van der Waals surface area (Å²) in [6, 6.07) is 5.62. The van der Waals surface area contributed by atoms with Gasteiger partial charge in [-0.1, -0.05) is 0 Å². The number of carboxylic acid groups (broad SMARTS) is 1. The molecule has 0 unspecified atom stereocenters. The number of benzene rings is 1. The van der Waals surface area contributed by atoms with E-state index in [1.54, 1.807) is 13.8 Å². The van der Waals surface area contributed by atoms with Crippen molar-refractivity contribution in [2.45, 2.75) is 20.5 Å². The predicted molar refractivity (Wildman–Crippen MR) is 65.9 cm³/mol. The number of halogens is 1. The fourth-order valence-corrected chi connectivity index (χ4v) is 1.75. The topological polar surface area (TPSA) is 59.7 Å². The lowest BCUT2D eigenvalue weighted by atomic mass is 10.2. The number of carboxylic acids is 1. The van der Waals surface area contributed by atoms with Crippen molar-refractivity contribution in [1.29, 1.82) is 0 Å². The lowest BCUT2D eigenvalue weighted by molar-refractivity contribution is 0.0695. The third kappa shape index (κ3) is 2.93. The Kier molecular flexibility index (Phi) is 3.55. The molecule has 0 aliphatic heterocycles. The molecule has 2 aromatic rings. The summed E-state index contributed by atoms with van der Waals surface area (Å²) < 4.78 is 23.7. The van der Waals surface area contributed by atoms with Crippen molar-refractivity contribution in [2.75, 3.05) is 0 Å². The van der Waals surface area contributed by atoms with Crippen LogP contribution in [0.15, 0.2) is 28.7 Å². The molecule has 1 heterocycles. The van der Waals surface area contributed by atoms with Gasteiger partial charge in [0, 0.05) is 0 Å². The maximum Gasteiger partial charge on any atom is 0.339 e. The van der Waals surface area contributed by atoms with E-state index < -0.39 is 5.97 Å². The van der Waals surface area contributed by atoms with Gasteiger partial charge >= 0.3 is 5.97 Å². The molecule has 0 radical (unpaired) electrons. The van der Waals surface area contributed by atoms with Crippen molar-refractivity contribution in [3.8, 4) is 5.75 Å². The van der Waals surface area contributed by atoms with E-state index >= 15 is 0 Å². The second kappa shape index (κ2) is 5.14. The first-order valence-corrected chi connectivity index (χ1v) is 5.69. The lowest BCUT2D eigenvalue weighted by Gasteiger charge is -2.07. The molecular formula is C14H13FO4. The Morgan fingerprint density at radius 3 is 2.68 bits per heavy atom. The van der Waals surface area contributed by atoms with Crippen molar-refractivity contribution in [1.82, 2.24) is 0 Å². The average molecular weight is 264 g/mol. The van der Waals surface area contributed by atoms with Crippen molar-refractivity contribution in [2.24, 2.45) is 0 Å². The van der Waals surface area contributed by atoms with Gasteiger partial charge in [-0.15, -0.1) is 0 Å². The van der Waals surface area contributed by atoms with Gasteiger partial charge in [-0.2, -0.15) is 0 Å². The van der Waals surface area contributed by atoms with Gasteiger partial charge in [-0.05, 0) is 43.7 Å². The Balaban J connectivity index is 2.10. The molecule has 0 aliphatic rings. The highest BCUT2D eigenvalue weighted by Gasteiger charge is 2.14. The van der Waals surface area contributed by atoms with Gasteiger partial charge in [0.1, 0.15) is 35.3 Å². The number of rotatable bonds is 4.